The van der Waals surface area contributed by atoms with Crippen LogP contribution in [0.3, 0.4) is 0 Å². The van der Waals surface area contributed by atoms with Gasteiger partial charge in [0.25, 0.3) is 0 Å². The number of aliphatic hydroxyl groups is 1. The molecular weight excluding hydrogens is 456 g/mol. The van der Waals surface area contributed by atoms with Gasteiger partial charge in [0.1, 0.15) is 5.60 Å². The number of hydrogen-bond acceptors (Lipinski definition) is 6. The number of carbonyl (C=O) groups excluding carboxylic acids is 2. The number of methoxy groups -OCH3 is 1. The van der Waals surface area contributed by atoms with E-state index >= 15 is 0 Å². The average Bonchev–Trinajstić information content (AvgIpc) is 2.88. The number of pyridine rings is 1. The molecule has 0 spiro atoms. The van der Waals surface area contributed by atoms with Crippen molar-refractivity contribution in [2.24, 2.45) is 0 Å². The van der Waals surface area contributed by atoms with E-state index in [2.05, 4.69) is 4.98 Å². The molecule has 1 saturated heterocycles. The van der Waals surface area contributed by atoms with Gasteiger partial charge in [-0.05, 0) is 43.5 Å². The fraction of sp³-hybridized carbons (Fsp3) is 0.345. The molecule has 36 heavy (non-hydrogen) atoms. The second-order valence-electron chi connectivity index (χ2n) is 9.83. The molecule has 0 unspecified atom stereocenters. The molecule has 1 atom stereocenters. The lowest BCUT2D eigenvalue weighted by Crippen LogP contribution is -2.51. The van der Waals surface area contributed by atoms with Gasteiger partial charge in [-0.25, -0.2) is 9.59 Å². The number of ether oxygens (including phenoxy) is 2. The average molecular weight is 489 g/mol. The number of esters is 1. The lowest BCUT2D eigenvalue weighted by atomic mass is 9.80. The highest BCUT2D eigenvalue weighted by Crippen LogP contribution is 2.40. The van der Waals surface area contributed by atoms with Gasteiger partial charge in [0, 0.05) is 37.7 Å². The highest BCUT2D eigenvalue weighted by Gasteiger charge is 2.45. The summed E-state index contributed by atoms with van der Waals surface area (Å²) in [5, 5.41) is 10.5. The van der Waals surface area contributed by atoms with Crippen LogP contribution in [0.1, 0.15) is 48.2 Å². The highest BCUT2D eigenvalue weighted by molar-refractivity contribution is 5.89. The largest absolute Gasteiger partial charge is 0.465 e. The van der Waals surface area contributed by atoms with Crippen LogP contribution in [-0.4, -0.2) is 52.9 Å². The lowest BCUT2D eigenvalue weighted by molar-refractivity contribution is -0.0960. The SMILES string of the molecule is COC(=O)c1ccc(-c2ccc(CCN3CC[C@](CC(C)(C)O)(c4ccccc4)OC3=O)cc2)nc1. The number of aromatic nitrogens is 1. The molecule has 7 nitrogen and oxygen atoms in total. The van der Waals surface area contributed by atoms with E-state index in [0.29, 0.717) is 37.9 Å². The summed E-state index contributed by atoms with van der Waals surface area (Å²) in [7, 11) is 1.34. The zero-order valence-electron chi connectivity index (χ0n) is 20.9. The van der Waals surface area contributed by atoms with Gasteiger partial charge < -0.3 is 19.5 Å². The van der Waals surface area contributed by atoms with Gasteiger partial charge >= 0.3 is 12.1 Å². The van der Waals surface area contributed by atoms with Crippen molar-refractivity contribution < 1.29 is 24.2 Å². The summed E-state index contributed by atoms with van der Waals surface area (Å²) >= 11 is 0. The maximum Gasteiger partial charge on any atom is 0.410 e. The summed E-state index contributed by atoms with van der Waals surface area (Å²) < 4.78 is 10.7. The predicted octanol–water partition coefficient (Wildman–Crippen LogP) is 4.98. The minimum atomic E-state index is -0.978. The number of amides is 1. The third kappa shape index (κ3) is 5.91. The third-order valence-electron chi connectivity index (χ3n) is 6.45. The van der Waals surface area contributed by atoms with Crippen LogP contribution < -0.4 is 0 Å². The van der Waals surface area contributed by atoms with Crippen LogP contribution in [0.4, 0.5) is 4.79 Å². The van der Waals surface area contributed by atoms with E-state index < -0.39 is 17.2 Å². The third-order valence-corrected chi connectivity index (χ3v) is 6.45. The first-order valence-electron chi connectivity index (χ1n) is 12.1. The van der Waals surface area contributed by atoms with Gasteiger partial charge in [0.05, 0.1) is 24.0 Å². The molecule has 1 aliphatic heterocycles. The lowest BCUT2D eigenvalue weighted by Gasteiger charge is -2.44. The van der Waals surface area contributed by atoms with E-state index in [0.717, 1.165) is 22.4 Å². The van der Waals surface area contributed by atoms with Crippen molar-refractivity contribution in [3.63, 3.8) is 0 Å². The molecule has 188 valence electrons. The van der Waals surface area contributed by atoms with Crippen molar-refractivity contribution in [2.75, 3.05) is 20.2 Å². The normalized spacial score (nSPS) is 18.0. The number of cyclic esters (lactones) is 1. The Bertz CT molecular complexity index is 1190. The monoisotopic (exact) mass is 488 g/mol. The van der Waals surface area contributed by atoms with E-state index in [-0.39, 0.29) is 6.09 Å². The van der Waals surface area contributed by atoms with Crippen molar-refractivity contribution in [1.82, 2.24) is 9.88 Å². The molecule has 0 saturated carbocycles. The number of carbonyl (C=O) groups is 2. The van der Waals surface area contributed by atoms with E-state index in [9.17, 15) is 14.7 Å². The summed E-state index contributed by atoms with van der Waals surface area (Å²) in [6.45, 7) is 4.57. The van der Waals surface area contributed by atoms with Crippen LogP contribution in [0, 0.1) is 0 Å². The fourth-order valence-corrected chi connectivity index (χ4v) is 4.67. The van der Waals surface area contributed by atoms with Crippen molar-refractivity contribution in [3.05, 3.63) is 89.6 Å². The Morgan fingerprint density at radius 3 is 2.42 bits per heavy atom. The second-order valence-corrected chi connectivity index (χ2v) is 9.83. The minimum Gasteiger partial charge on any atom is -0.465 e. The van der Waals surface area contributed by atoms with Crippen LogP contribution in [0.25, 0.3) is 11.3 Å². The zero-order valence-corrected chi connectivity index (χ0v) is 20.9. The molecule has 1 aromatic heterocycles. The molecule has 1 aliphatic rings. The molecule has 1 fully saturated rings. The predicted molar refractivity (Wildman–Crippen MR) is 136 cm³/mol. The Morgan fingerprint density at radius 1 is 1.11 bits per heavy atom. The Kier molecular flexibility index (Phi) is 7.40. The molecule has 0 bridgehead atoms. The Balaban J connectivity index is 1.38. The number of hydrogen-bond donors (Lipinski definition) is 1. The van der Waals surface area contributed by atoms with Crippen LogP contribution in [-0.2, 0) is 21.5 Å². The van der Waals surface area contributed by atoms with Crippen LogP contribution in [0.2, 0.25) is 0 Å². The van der Waals surface area contributed by atoms with Crippen molar-refractivity contribution in [2.45, 2.75) is 44.3 Å². The smallest absolute Gasteiger partial charge is 0.410 e. The molecule has 1 amide bonds. The zero-order chi connectivity index (χ0) is 25.8. The molecule has 7 heteroatoms. The quantitative estimate of drug-likeness (QED) is 0.450. The molecule has 2 aromatic carbocycles. The van der Waals surface area contributed by atoms with Gasteiger partial charge in [0.2, 0.25) is 0 Å². The Labute approximate surface area is 211 Å². The molecule has 1 N–H and O–H groups in total. The van der Waals surface area contributed by atoms with Crippen molar-refractivity contribution in [3.8, 4) is 11.3 Å². The Hall–Kier alpha value is -3.71. The van der Waals surface area contributed by atoms with Gasteiger partial charge in [-0.15, -0.1) is 0 Å². The first-order valence-corrected chi connectivity index (χ1v) is 12.1. The van der Waals surface area contributed by atoms with Crippen LogP contribution in [0.5, 0.6) is 0 Å². The van der Waals surface area contributed by atoms with E-state index in [4.69, 9.17) is 9.47 Å². The minimum absolute atomic E-state index is 0.333. The van der Waals surface area contributed by atoms with E-state index in [1.54, 1.807) is 30.9 Å². The fourth-order valence-electron chi connectivity index (χ4n) is 4.67. The molecular formula is C29H32N2O5. The van der Waals surface area contributed by atoms with Crippen molar-refractivity contribution >= 4 is 12.1 Å². The standard InChI is InChI=1S/C29H32N2O5/c1-28(2,34)20-29(24-7-5-4-6-8-24)16-18-31(27(33)36-29)17-15-21-9-11-22(12-10-21)25-14-13-23(19-30-25)26(32)35-3/h4-14,19,34H,15-18,20H2,1-3H3/t29-/m0/s1. The topological polar surface area (TPSA) is 89.0 Å². The molecule has 4 rings (SSSR count). The summed E-state index contributed by atoms with van der Waals surface area (Å²) in [4.78, 5) is 30.7. The first kappa shape index (κ1) is 25.4. The van der Waals surface area contributed by atoms with Crippen LogP contribution >= 0.6 is 0 Å². The van der Waals surface area contributed by atoms with Crippen molar-refractivity contribution in [1.29, 1.82) is 0 Å². The summed E-state index contributed by atoms with van der Waals surface area (Å²) in [6.07, 6.45) is 2.78. The molecule has 3 aromatic rings. The molecule has 0 aliphatic carbocycles. The Morgan fingerprint density at radius 2 is 1.83 bits per heavy atom. The van der Waals surface area contributed by atoms with Crippen LogP contribution in [0.15, 0.2) is 72.9 Å². The molecule has 2 heterocycles. The van der Waals surface area contributed by atoms with Gasteiger partial charge in [-0.1, -0.05) is 54.6 Å². The van der Waals surface area contributed by atoms with Gasteiger partial charge in [-0.3, -0.25) is 4.98 Å². The second kappa shape index (κ2) is 10.5. The summed E-state index contributed by atoms with van der Waals surface area (Å²) in [5.41, 5.74) is 2.28. The first-order chi connectivity index (χ1) is 17.2. The highest BCUT2D eigenvalue weighted by atomic mass is 16.6. The number of nitrogens with zero attached hydrogens (tertiary/aromatic N) is 2. The van der Waals surface area contributed by atoms with Gasteiger partial charge in [0.15, 0.2) is 0 Å². The summed E-state index contributed by atoms with van der Waals surface area (Å²) in [6, 6.07) is 21.2. The molecule has 0 radical (unpaired) electrons. The maximum absolute atomic E-state index is 13.0. The summed E-state index contributed by atoms with van der Waals surface area (Å²) in [5.74, 6) is -0.415. The van der Waals surface area contributed by atoms with E-state index in [1.165, 1.54) is 13.3 Å². The van der Waals surface area contributed by atoms with Gasteiger partial charge in [-0.2, -0.15) is 0 Å². The number of rotatable bonds is 8. The maximum atomic E-state index is 13.0. The number of benzene rings is 2. The van der Waals surface area contributed by atoms with E-state index in [1.807, 2.05) is 54.6 Å².